The molecule has 0 spiro atoms. The summed E-state index contributed by atoms with van der Waals surface area (Å²) in [5, 5.41) is 26.8. The van der Waals surface area contributed by atoms with Gasteiger partial charge >= 0.3 is 0 Å². The van der Waals surface area contributed by atoms with Crippen molar-refractivity contribution in [2.45, 2.75) is 0 Å². The highest BCUT2D eigenvalue weighted by Crippen LogP contribution is 2.45. The molecule has 20 rings (SSSR count). The second kappa shape index (κ2) is 28.6. The smallest absolute Gasteiger partial charge is 0.164 e. The fourth-order valence-corrected chi connectivity index (χ4v) is 14.8. The van der Waals surface area contributed by atoms with Crippen LogP contribution in [-0.2, 0) is 0 Å². The SMILES string of the molecule is N#Cc1cc(-c2cc(-n3c4cc(-c5nc(-c6ccccc6)nc(-c6ccccc6)n5)ccc4c4ccc(-c5nc(-c6ccccc6)nc(-c6ccccc6)n5)cc43)c(C#N)cc2-n2c3cc(-c4nc(-c5ccccc5)nc(-c5ccccc5)n4)ccc3c3ccc(-c4nc(-c5ccccc5)nc(-c5ccccc5)n4)cc32)ccn1. The van der Waals surface area contributed by atoms with Crippen LogP contribution in [0.25, 0.3) is 203 Å². The van der Waals surface area contributed by atoms with E-state index in [2.05, 4.69) is 80.9 Å². The Kier molecular flexibility index (Phi) is 16.8. The van der Waals surface area contributed by atoms with E-state index in [1.54, 1.807) is 12.3 Å². The molecule has 17 nitrogen and oxygen atoms in total. The molecule has 7 heterocycles. The van der Waals surface area contributed by atoms with Crippen molar-refractivity contribution in [3.05, 3.63) is 357 Å². The molecule has 17 heteroatoms. The van der Waals surface area contributed by atoms with Crippen molar-refractivity contribution in [1.82, 2.24) is 73.9 Å². The first kappa shape index (κ1) is 67.0. The van der Waals surface area contributed by atoms with E-state index >= 15 is 0 Å². The molecule has 0 bridgehead atoms. The lowest BCUT2D eigenvalue weighted by atomic mass is 9.99. The molecular formula is C97H57N17. The highest BCUT2D eigenvalue weighted by Gasteiger charge is 2.27. The van der Waals surface area contributed by atoms with E-state index in [4.69, 9.17) is 59.8 Å². The van der Waals surface area contributed by atoms with Gasteiger partial charge < -0.3 is 9.13 Å². The van der Waals surface area contributed by atoms with Crippen LogP contribution in [0.3, 0.4) is 0 Å². The minimum absolute atomic E-state index is 0.183. The van der Waals surface area contributed by atoms with E-state index in [1.165, 1.54) is 0 Å². The summed E-state index contributed by atoms with van der Waals surface area (Å²) in [5.74, 6) is 5.77. The summed E-state index contributed by atoms with van der Waals surface area (Å²) in [6.07, 6.45) is 1.64. The lowest BCUT2D eigenvalue weighted by molar-refractivity contribution is 1.07. The van der Waals surface area contributed by atoms with Gasteiger partial charge in [-0.25, -0.2) is 64.8 Å². The van der Waals surface area contributed by atoms with Crippen molar-refractivity contribution in [2.75, 3.05) is 0 Å². The highest BCUT2D eigenvalue weighted by molar-refractivity contribution is 6.13. The molecule has 0 aliphatic rings. The van der Waals surface area contributed by atoms with Crippen molar-refractivity contribution >= 4 is 43.6 Å². The van der Waals surface area contributed by atoms with Gasteiger partial charge in [-0.3, -0.25) is 0 Å². The Hall–Kier alpha value is -16.4. The zero-order chi connectivity index (χ0) is 76.0. The molecule has 0 radical (unpaired) electrons. The molecule has 0 amide bonds. The molecule has 0 aliphatic carbocycles. The monoisotopic (exact) mass is 1460 g/mol. The standard InChI is InChI=1S/C97H57N17/c98-58-73-56-85(114-83-54-71(96-109-90(64-33-17-5-18-34-64)103-91(110-96)65-35-19-6-20-36-65)43-47-77(83)78-48-44-72(55-84(78)114)97-111-92(66-37-21-7-22-38-66)104-93(112-97)67-39-23-8-24-40-67)79(68-49-50-100-74(51-68)59-99)57-80(73)113-81-52-69(94-105-86(60-25-9-1-10-26-60)101-87(106-94)61-27-11-2-12-28-61)41-45-75(81)76-46-42-70(53-82(76)113)95-107-88(62-29-13-3-14-30-62)102-89(108-95)63-31-15-4-16-32-63/h1-57H. The van der Waals surface area contributed by atoms with Crippen LogP contribution >= 0.6 is 0 Å². The molecule has 0 unspecified atom stereocenters. The summed E-state index contributed by atoms with van der Waals surface area (Å²) in [7, 11) is 0. The van der Waals surface area contributed by atoms with Gasteiger partial charge in [0.2, 0.25) is 0 Å². The van der Waals surface area contributed by atoms with E-state index in [1.807, 2.05) is 279 Å². The number of benzene rings is 13. The lowest BCUT2D eigenvalue weighted by Crippen LogP contribution is -2.05. The van der Waals surface area contributed by atoms with Crippen molar-refractivity contribution in [3.8, 4) is 171 Å². The van der Waals surface area contributed by atoms with Crippen LogP contribution in [0, 0.1) is 22.7 Å². The third kappa shape index (κ3) is 12.5. The Balaban J connectivity index is 0.874. The Morgan fingerprint density at radius 2 is 0.439 bits per heavy atom. The first-order chi connectivity index (χ1) is 56.4. The highest BCUT2D eigenvalue weighted by atomic mass is 15.1. The molecule has 13 aromatic carbocycles. The number of fused-ring (bicyclic) bond motifs is 6. The van der Waals surface area contributed by atoms with Crippen LogP contribution in [-0.4, -0.2) is 73.9 Å². The minimum Gasteiger partial charge on any atom is -0.309 e. The van der Waals surface area contributed by atoms with Crippen LogP contribution < -0.4 is 0 Å². The predicted octanol–water partition coefficient (Wildman–Crippen LogP) is 21.4. The number of rotatable bonds is 15. The maximum Gasteiger partial charge on any atom is 0.164 e. The molecule has 0 saturated carbocycles. The van der Waals surface area contributed by atoms with E-state index < -0.39 is 0 Å². The zero-order valence-electron chi connectivity index (χ0n) is 60.5. The minimum atomic E-state index is 0.183. The van der Waals surface area contributed by atoms with Crippen LogP contribution in [0.15, 0.2) is 346 Å². The van der Waals surface area contributed by atoms with Gasteiger partial charge in [0, 0.05) is 100 Å². The third-order valence-electron chi connectivity index (χ3n) is 20.3. The molecule has 20 aromatic rings. The van der Waals surface area contributed by atoms with Crippen LogP contribution in [0.2, 0.25) is 0 Å². The second-order valence-electron chi connectivity index (χ2n) is 27.3. The molecule has 0 N–H and O–H groups in total. The summed E-state index contributed by atoms with van der Waals surface area (Å²) in [5.41, 5.74) is 15.2. The van der Waals surface area contributed by atoms with Crippen LogP contribution in [0.5, 0.6) is 0 Å². The molecule has 0 atom stereocenters. The quantitative estimate of drug-likeness (QED) is 0.0930. The molecule has 0 saturated heterocycles. The molecule has 0 fully saturated rings. The average molecular weight is 1460 g/mol. The number of nitriles is 2. The van der Waals surface area contributed by atoms with E-state index in [9.17, 15) is 10.5 Å². The van der Waals surface area contributed by atoms with Crippen LogP contribution in [0.1, 0.15) is 11.3 Å². The van der Waals surface area contributed by atoms with Crippen molar-refractivity contribution < 1.29 is 0 Å². The van der Waals surface area contributed by atoms with Gasteiger partial charge in [0.15, 0.2) is 69.9 Å². The molecule has 0 aliphatic heterocycles. The topological polar surface area (TPSA) is 225 Å². The maximum absolute atomic E-state index is 12.4. The Morgan fingerprint density at radius 1 is 0.202 bits per heavy atom. The zero-order valence-corrected chi connectivity index (χ0v) is 60.5. The van der Waals surface area contributed by atoms with Gasteiger partial charge in [-0.2, -0.15) is 10.5 Å². The summed E-state index contributed by atoms with van der Waals surface area (Å²) in [6.45, 7) is 0. The number of nitrogens with zero attached hydrogens (tertiary/aromatic N) is 17. The first-order valence-corrected chi connectivity index (χ1v) is 37.0. The molecular weight excluding hydrogens is 1400 g/mol. The lowest BCUT2D eigenvalue weighted by Gasteiger charge is -2.19. The van der Waals surface area contributed by atoms with Crippen molar-refractivity contribution in [2.24, 2.45) is 0 Å². The number of hydrogen-bond acceptors (Lipinski definition) is 15. The largest absolute Gasteiger partial charge is 0.309 e. The molecule has 7 aromatic heterocycles. The normalized spacial score (nSPS) is 11.3. The molecule has 530 valence electrons. The van der Waals surface area contributed by atoms with E-state index in [-0.39, 0.29) is 5.69 Å². The summed E-state index contributed by atoms with van der Waals surface area (Å²) in [6, 6.07) is 117. The summed E-state index contributed by atoms with van der Waals surface area (Å²) >= 11 is 0. The average Bonchev–Trinajstić information content (AvgIpc) is 1.56. The van der Waals surface area contributed by atoms with Gasteiger partial charge in [0.1, 0.15) is 17.8 Å². The van der Waals surface area contributed by atoms with Gasteiger partial charge in [-0.1, -0.05) is 291 Å². The number of aromatic nitrogens is 15. The van der Waals surface area contributed by atoms with Crippen LogP contribution in [0.4, 0.5) is 0 Å². The maximum atomic E-state index is 12.4. The number of pyridine rings is 1. The van der Waals surface area contributed by atoms with Crippen molar-refractivity contribution in [1.29, 1.82) is 10.5 Å². The van der Waals surface area contributed by atoms with Crippen molar-refractivity contribution in [3.63, 3.8) is 0 Å². The van der Waals surface area contributed by atoms with Gasteiger partial charge in [-0.05, 0) is 54.1 Å². The predicted molar refractivity (Wildman–Crippen MR) is 447 cm³/mol. The van der Waals surface area contributed by atoms with E-state index in [0.717, 1.165) is 88.1 Å². The Morgan fingerprint density at radius 3 is 0.675 bits per heavy atom. The second-order valence-corrected chi connectivity index (χ2v) is 27.3. The molecule has 114 heavy (non-hydrogen) atoms. The van der Waals surface area contributed by atoms with Gasteiger partial charge in [0.25, 0.3) is 0 Å². The third-order valence-corrected chi connectivity index (χ3v) is 20.3. The van der Waals surface area contributed by atoms with Gasteiger partial charge in [-0.15, -0.1) is 0 Å². The Labute approximate surface area is 652 Å². The Bertz CT molecular complexity index is 6620. The number of hydrogen-bond donors (Lipinski definition) is 0. The first-order valence-electron chi connectivity index (χ1n) is 37.0. The fraction of sp³-hybridized carbons (Fsp3) is 0. The summed E-state index contributed by atoms with van der Waals surface area (Å²) < 4.78 is 4.32. The van der Waals surface area contributed by atoms with E-state index in [0.29, 0.717) is 120 Å². The fourth-order valence-electron chi connectivity index (χ4n) is 14.8. The summed E-state index contributed by atoms with van der Waals surface area (Å²) in [4.78, 5) is 66.8. The van der Waals surface area contributed by atoms with Gasteiger partial charge in [0.05, 0.1) is 39.0 Å².